The molecule has 0 aliphatic heterocycles. The van der Waals surface area contributed by atoms with Crippen LogP contribution < -0.4 is 10.2 Å². The topological polar surface area (TPSA) is 63.8 Å². The van der Waals surface area contributed by atoms with Gasteiger partial charge in [0, 0.05) is 10.0 Å². The van der Waals surface area contributed by atoms with Crippen molar-refractivity contribution in [3.63, 3.8) is 0 Å². The highest BCUT2D eigenvalue weighted by Gasteiger charge is 2.13. The van der Waals surface area contributed by atoms with E-state index in [1.165, 1.54) is 13.3 Å². The summed E-state index contributed by atoms with van der Waals surface area (Å²) < 4.78 is 12.1. The van der Waals surface area contributed by atoms with E-state index in [4.69, 9.17) is 9.15 Å². The van der Waals surface area contributed by atoms with Crippen LogP contribution in [0.5, 0.6) is 5.75 Å². The first kappa shape index (κ1) is 19.0. The molecule has 4 rings (SSSR count). The maximum Gasteiger partial charge on any atom is 0.275 e. The predicted molar refractivity (Wildman–Crippen MR) is 117 cm³/mol. The second kappa shape index (κ2) is 8.32. The molecule has 1 heterocycles. The summed E-state index contributed by atoms with van der Waals surface area (Å²) in [4.78, 5) is 12.6. The van der Waals surface area contributed by atoms with Crippen molar-refractivity contribution in [1.82, 2.24) is 5.43 Å². The van der Waals surface area contributed by atoms with Crippen molar-refractivity contribution in [2.75, 3.05) is 7.11 Å². The molecule has 0 spiro atoms. The number of carbonyl (C=O) groups excluding carboxylic acids is 1. The van der Waals surface area contributed by atoms with Gasteiger partial charge in [-0.2, -0.15) is 5.10 Å². The molecule has 0 atom stereocenters. The highest BCUT2D eigenvalue weighted by molar-refractivity contribution is 9.10. The highest BCUT2D eigenvalue weighted by Crippen LogP contribution is 2.26. The van der Waals surface area contributed by atoms with Crippen LogP contribution in [0.25, 0.3) is 22.1 Å². The van der Waals surface area contributed by atoms with Crippen LogP contribution in [-0.2, 0) is 0 Å². The number of hydrogen-bond acceptors (Lipinski definition) is 4. The zero-order chi connectivity index (χ0) is 20.2. The Kier molecular flexibility index (Phi) is 5.44. The second-order valence-corrected chi connectivity index (χ2v) is 7.23. The quantitative estimate of drug-likeness (QED) is 0.317. The van der Waals surface area contributed by atoms with E-state index in [1.807, 2.05) is 60.7 Å². The number of ether oxygens (including phenoxy) is 1. The zero-order valence-corrected chi connectivity index (χ0v) is 17.1. The summed E-state index contributed by atoms with van der Waals surface area (Å²) in [6, 6.07) is 22.9. The summed E-state index contributed by atoms with van der Waals surface area (Å²) in [5.74, 6) is 1.38. The van der Waals surface area contributed by atoms with Gasteiger partial charge in [0.15, 0.2) is 0 Å². The van der Waals surface area contributed by atoms with Crippen LogP contribution in [0.15, 0.2) is 86.8 Å². The second-order valence-electron chi connectivity index (χ2n) is 6.31. The smallest absolute Gasteiger partial charge is 0.275 e. The van der Waals surface area contributed by atoms with Crippen LogP contribution in [0.3, 0.4) is 0 Å². The number of halogens is 1. The molecule has 0 bridgehead atoms. The molecule has 4 aromatic rings. The number of benzene rings is 3. The Hall–Kier alpha value is -3.38. The van der Waals surface area contributed by atoms with Crippen LogP contribution in [-0.4, -0.2) is 19.2 Å². The molecule has 29 heavy (non-hydrogen) atoms. The third kappa shape index (κ3) is 4.22. The van der Waals surface area contributed by atoms with Crippen molar-refractivity contribution < 1.29 is 13.9 Å². The Labute approximate surface area is 176 Å². The first-order valence-electron chi connectivity index (χ1n) is 8.90. The molecule has 1 amide bonds. The number of amides is 1. The Bertz CT molecular complexity index is 1210. The monoisotopic (exact) mass is 448 g/mol. The lowest BCUT2D eigenvalue weighted by molar-refractivity contribution is 0.0952. The maximum absolute atomic E-state index is 12.6. The lowest BCUT2D eigenvalue weighted by Gasteiger charge is -2.09. The van der Waals surface area contributed by atoms with Gasteiger partial charge in [0.1, 0.15) is 17.3 Å². The fourth-order valence-corrected chi connectivity index (χ4v) is 3.40. The molecule has 1 aromatic heterocycles. The van der Waals surface area contributed by atoms with Crippen molar-refractivity contribution in [1.29, 1.82) is 0 Å². The van der Waals surface area contributed by atoms with Crippen molar-refractivity contribution >= 4 is 38.8 Å². The number of nitrogens with zero attached hydrogens (tertiary/aromatic N) is 1. The molecule has 0 aliphatic carbocycles. The summed E-state index contributed by atoms with van der Waals surface area (Å²) in [5.41, 5.74) is 3.89. The van der Waals surface area contributed by atoms with E-state index in [1.54, 1.807) is 12.1 Å². The Morgan fingerprint density at radius 3 is 2.59 bits per heavy atom. The van der Waals surface area contributed by atoms with E-state index in [-0.39, 0.29) is 5.91 Å². The third-order valence-corrected chi connectivity index (χ3v) is 4.90. The van der Waals surface area contributed by atoms with E-state index >= 15 is 0 Å². The van der Waals surface area contributed by atoms with Crippen LogP contribution in [0.2, 0.25) is 0 Å². The van der Waals surface area contributed by atoms with E-state index in [2.05, 4.69) is 26.5 Å². The van der Waals surface area contributed by atoms with Gasteiger partial charge < -0.3 is 9.15 Å². The Balaban J connectivity index is 1.50. The third-order valence-electron chi connectivity index (χ3n) is 4.41. The number of hydrazone groups is 1. The number of carbonyl (C=O) groups is 1. The number of fused-ring (bicyclic) bond motifs is 1. The summed E-state index contributed by atoms with van der Waals surface area (Å²) in [6.07, 6.45) is 1.47. The SMILES string of the molecule is COc1cc2ccccc2cc1C(=O)N/N=C\c1ccc(-c2cccc(Br)c2)o1. The first-order chi connectivity index (χ1) is 14.1. The van der Waals surface area contributed by atoms with Crippen molar-refractivity contribution in [2.45, 2.75) is 0 Å². The van der Waals surface area contributed by atoms with E-state index in [0.29, 0.717) is 17.1 Å². The van der Waals surface area contributed by atoms with Gasteiger partial charge in [0.05, 0.1) is 18.9 Å². The summed E-state index contributed by atoms with van der Waals surface area (Å²) in [7, 11) is 1.54. The van der Waals surface area contributed by atoms with E-state index in [9.17, 15) is 4.79 Å². The van der Waals surface area contributed by atoms with Gasteiger partial charge in [0.25, 0.3) is 5.91 Å². The largest absolute Gasteiger partial charge is 0.496 e. The molecular formula is C23H17BrN2O3. The lowest BCUT2D eigenvalue weighted by Crippen LogP contribution is -2.18. The normalized spacial score (nSPS) is 11.1. The fraction of sp³-hybridized carbons (Fsp3) is 0.0435. The van der Waals surface area contributed by atoms with Gasteiger partial charge in [0.2, 0.25) is 0 Å². The highest BCUT2D eigenvalue weighted by atomic mass is 79.9. The van der Waals surface area contributed by atoms with Crippen LogP contribution in [0.4, 0.5) is 0 Å². The minimum atomic E-state index is -0.359. The molecule has 3 aromatic carbocycles. The Morgan fingerprint density at radius 2 is 1.83 bits per heavy atom. The molecule has 0 aliphatic rings. The lowest BCUT2D eigenvalue weighted by atomic mass is 10.1. The molecule has 0 saturated heterocycles. The van der Waals surface area contributed by atoms with Crippen molar-refractivity contribution in [3.05, 3.63) is 88.6 Å². The Morgan fingerprint density at radius 1 is 1.03 bits per heavy atom. The van der Waals surface area contributed by atoms with Gasteiger partial charge in [-0.1, -0.05) is 52.3 Å². The molecule has 0 fully saturated rings. The predicted octanol–water partition coefficient (Wildman–Crippen LogP) is 5.63. The molecular weight excluding hydrogens is 432 g/mol. The number of rotatable bonds is 5. The molecule has 0 unspecified atom stereocenters. The van der Waals surface area contributed by atoms with Gasteiger partial charge in [-0.05, 0) is 47.2 Å². The fourth-order valence-electron chi connectivity index (χ4n) is 3.00. The summed E-state index contributed by atoms with van der Waals surface area (Å²) in [6.45, 7) is 0. The van der Waals surface area contributed by atoms with Gasteiger partial charge in [-0.25, -0.2) is 5.43 Å². The van der Waals surface area contributed by atoms with Crippen molar-refractivity contribution in [3.8, 4) is 17.1 Å². The maximum atomic E-state index is 12.6. The summed E-state index contributed by atoms with van der Waals surface area (Å²) in [5, 5.41) is 5.97. The number of furan rings is 1. The zero-order valence-electron chi connectivity index (χ0n) is 15.6. The minimum Gasteiger partial charge on any atom is -0.496 e. The average molecular weight is 449 g/mol. The van der Waals surface area contributed by atoms with Crippen LogP contribution in [0.1, 0.15) is 16.1 Å². The van der Waals surface area contributed by atoms with Crippen molar-refractivity contribution in [2.24, 2.45) is 5.10 Å². The first-order valence-corrected chi connectivity index (χ1v) is 9.69. The van der Waals surface area contributed by atoms with Gasteiger partial charge >= 0.3 is 0 Å². The molecule has 5 nitrogen and oxygen atoms in total. The van der Waals surface area contributed by atoms with Crippen LogP contribution >= 0.6 is 15.9 Å². The number of methoxy groups -OCH3 is 1. The van der Waals surface area contributed by atoms with E-state index < -0.39 is 0 Å². The standard InChI is InChI=1S/C23H17BrN2O3/c1-28-22-13-16-6-3-2-5-15(16)12-20(22)23(27)26-25-14-19-9-10-21(29-19)17-7-4-8-18(24)11-17/h2-14H,1H3,(H,26,27)/b25-14-. The number of hydrogen-bond donors (Lipinski definition) is 1. The van der Waals surface area contributed by atoms with Crippen LogP contribution in [0, 0.1) is 0 Å². The molecule has 1 N–H and O–H groups in total. The van der Waals surface area contributed by atoms with Gasteiger partial charge in [-0.3, -0.25) is 4.79 Å². The summed E-state index contributed by atoms with van der Waals surface area (Å²) >= 11 is 3.45. The minimum absolute atomic E-state index is 0.359. The molecule has 0 saturated carbocycles. The van der Waals surface area contributed by atoms with Gasteiger partial charge in [-0.15, -0.1) is 0 Å². The molecule has 144 valence electrons. The van der Waals surface area contributed by atoms with E-state index in [0.717, 1.165) is 26.6 Å². The molecule has 0 radical (unpaired) electrons. The molecule has 6 heteroatoms. The number of nitrogens with one attached hydrogen (secondary N) is 1. The average Bonchev–Trinajstić information content (AvgIpc) is 3.21.